The fourth-order valence-electron chi connectivity index (χ4n) is 3.98. The lowest BCUT2D eigenvalue weighted by molar-refractivity contribution is -0.140. The van der Waals surface area contributed by atoms with Crippen molar-refractivity contribution in [1.82, 2.24) is 24.9 Å². The lowest BCUT2D eigenvalue weighted by atomic mass is 10.1. The van der Waals surface area contributed by atoms with Gasteiger partial charge in [-0.25, -0.2) is 0 Å². The Morgan fingerprint density at radius 3 is 1.37 bits per heavy atom. The molecular formula is C25H47N5O8. The third kappa shape index (κ3) is 16.5. The van der Waals surface area contributed by atoms with Crippen LogP contribution in [0.15, 0.2) is 0 Å². The predicted octanol–water partition coefficient (Wildman–Crippen LogP) is -0.581. The number of amides is 1. The Balaban J connectivity index is 2.86. The minimum atomic E-state index is -1.00. The maximum Gasteiger partial charge on any atom is 0.317 e. The number of carboxylic acid groups (broad SMARTS) is 3. The average Bonchev–Trinajstić information content (AvgIpc) is 2.78. The lowest BCUT2D eigenvalue weighted by Crippen LogP contribution is -2.50. The fourth-order valence-corrected chi connectivity index (χ4v) is 3.98. The highest BCUT2D eigenvalue weighted by atomic mass is 16.5. The van der Waals surface area contributed by atoms with E-state index in [0.29, 0.717) is 71.4 Å². The second kappa shape index (κ2) is 17.3. The van der Waals surface area contributed by atoms with E-state index in [1.165, 1.54) is 0 Å². The molecule has 1 fully saturated rings. The van der Waals surface area contributed by atoms with Crippen LogP contribution in [0.25, 0.3) is 0 Å². The van der Waals surface area contributed by atoms with Gasteiger partial charge >= 0.3 is 17.9 Å². The summed E-state index contributed by atoms with van der Waals surface area (Å²) in [6, 6.07) is 0. The smallest absolute Gasteiger partial charge is 0.317 e. The molecule has 220 valence electrons. The van der Waals surface area contributed by atoms with Gasteiger partial charge < -0.3 is 25.4 Å². The van der Waals surface area contributed by atoms with Crippen molar-refractivity contribution in [1.29, 1.82) is 0 Å². The molecule has 0 radical (unpaired) electrons. The van der Waals surface area contributed by atoms with E-state index in [-0.39, 0.29) is 32.1 Å². The molecule has 0 aromatic heterocycles. The first-order valence-corrected chi connectivity index (χ1v) is 13.2. The predicted molar refractivity (Wildman–Crippen MR) is 141 cm³/mol. The largest absolute Gasteiger partial charge is 0.480 e. The highest BCUT2D eigenvalue weighted by Gasteiger charge is 2.23. The number of ether oxygens (including phenoxy) is 1. The Hall–Kier alpha value is -2.32. The van der Waals surface area contributed by atoms with Crippen LogP contribution in [0.1, 0.15) is 34.1 Å². The minimum Gasteiger partial charge on any atom is -0.480 e. The van der Waals surface area contributed by atoms with Gasteiger partial charge in [0.1, 0.15) is 0 Å². The Bertz CT molecular complexity index is 732. The summed E-state index contributed by atoms with van der Waals surface area (Å²) in [5.74, 6) is -2.65. The molecule has 4 N–H and O–H groups in total. The van der Waals surface area contributed by atoms with Crippen molar-refractivity contribution in [3.63, 3.8) is 0 Å². The summed E-state index contributed by atoms with van der Waals surface area (Å²) in [7, 11) is 0. The molecule has 1 aliphatic heterocycles. The van der Waals surface area contributed by atoms with Gasteiger partial charge in [0.25, 0.3) is 0 Å². The molecule has 0 spiro atoms. The molecule has 0 aromatic carbocycles. The summed E-state index contributed by atoms with van der Waals surface area (Å²) in [6.07, 6.45) is 0.929. The van der Waals surface area contributed by atoms with E-state index in [2.05, 4.69) is 19.2 Å². The Labute approximate surface area is 225 Å². The van der Waals surface area contributed by atoms with E-state index < -0.39 is 23.5 Å². The third-order valence-corrected chi connectivity index (χ3v) is 6.27. The van der Waals surface area contributed by atoms with Crippen LogP contribution in [0, 0.1) is 5.92 Å². The number of carboxylic acids is 3. The first kappa shape index (κ1) is 33.7. The van der Waals surface area contributed by atoms with Gasteiger partial charge in [0.2, 0.25) is 5.91 Å². The highest BCUT2D eigenvalue weighted by molar-refractivity contribution is 5.78. The third-order valence-electron chi connectivity index (χ3n) is 6.27. The maximum absolute atomic E-state index is 12.8. The number of aliphatic carboxylic acids is 3. The molecule has 1 rings (SSSR count). The topological polar surface area (TPSA) is 163 Å². The van der Waals surface area contributed by atoms with Crippen molar-refractivity contribution in [2.45, 2.75) is 39.7 Å². The summed E-state index contributed by atoms with van der Waals surface area (Å²) >= 11 is 0. The molecule has 0 unspecified atom stereocenters. The van der Waals surface area contributed by atoms with Crippen LogP contribution in [-0.2, 0) is 23.9 Å². The molecule has 13 nitrogen and oxygen atoms in total. The first-order valence-electron chi connectivity index (χ1n) is 13.2. The molecule has 0 bridgehead atoms. The molecule has 0 atom stereocenters. The molecule has 1 aliphatic rings. The van der Waals surface area contributed by atoms with E-state index in [0.717, 1.165) is 6.42 Å². The molecule has 1 heterocycles. The summed E-state index contributed by atoms with van der Waals surface area (Å²) in [5, 5.41) is 30.8. The van der Waals surface area contributed by atoms with Crippen molar-refractivity contribution in [2.24, 2.45) is 5.92 Å². The molecule has 1 saturated heterocycles. The van der Waals surface area contributed by atoms with Gasteiger partial charge in [-0.2, -0.15) is 0 Å². The standard InChI is InChI=1S/C25H47N5O8/c1-20(2)5-14-38-25(3,4)19-26-21(31)15-27-6-8-28(16-22(32)33)10-12-30(18-24(36)37)13-11-29(9-7-27)17-23(34)35/h20H,5-19H2,1-4H3,(H,26,31)(H,32,33)(H,34,35)(H,36,37). The fraction of sp³-hybridized carbons (Fsp3) is 0.840. The molecule has 0 aromatic rings. The molecule has 38 heavy (non-hydrogen) atoms. The number of carbonyl (C=O) groups excluding carboxylic acids is 1. The van der Waals surface area contributed by atoms with Gasteiger partial charge in [0.15, 0.2) is 0 Å². The van der Waals surface area contributed by atoms with E-state index in [4.69, 9.17) is 4.74 Å². The van der Waals surface area contributed by atoms with Gasteiger partial charge in [-0.05, 0) is 26.2 Å². The summed E-state index contributed by atoms with van der Waals surface area (Å²) in [4.78, 5) is 53.9. The number of nitrogens with zero attached hydrogens (tertiary/aromatic N) is 4. The average molecular weight is 546 g/mol. The summed E-state index contributed by atoms with van der Waals surface area (Å²) < 4.78 is 5.91. The monoisotopic (exact) mass is 545 g/mol. The lowest BCUT2D eigenvalue weighted by Gasteiger charge is -2.33. The summed E-state index contributed by atoms with van der Waals surface area (Å²) in [5.41, 5.74) is -0.523. The molecule has 0 saturated carbocycles. The number of rotatable bonds is 14. The number of nitrogens with one attached hydrogen (secondary N) is 1. The molecule has 0 aliphatic carbocycles. The van der Waals surface area contributed by atoms with Crippen molar-refractivity contribution in [2.75, 3.05) is 91.7 Å². The van der Waals surface area contributed by atoms with E-state index in [1.54, 1.807) is 14.7 Å². The second-order valence-electron chi connectivity index (χ2n) is 10.9. The minimum absolute atomic E-state index is 0.0784. The zero-order valence-electron chi connectivity index (χ0n) is 23.4. The van der Waals surface area contributed by atoms with Gasteiger partial charge in [-0.1, -0.05) is 13.8 Å². The van der Waals surface area contributed by atoms with Crippen LogP contribution in [0.2, 0.25) is 0 Å². The highest BCUT2D eigenvalue weighted by Crippen LogP contribution is 2.10. The molecule has 13 heteroatoms. The van der Waals surface area contributed by atoms with E-state index in [1.807, 2.05) is 18.7 Å². The van der Waals surface area contributed by atoms with Crippen molar-refractivity contribution < 1.29 is 39.2 Å². The molecule has 1 amide bonds. The summed E-state index contributed by atoms with van der Waals surface area (Å²) in [6.45, 7) is 11.3. The second-order valence-corrected chi connectivity index (χ2v) is 10.9. The van der Waals surface area contributed by atoms with Crippen LogP contribution >= 0.6 is 0 Å². The van der Waals surface area contributed by atoms with Gasteiger partial charge in [0, 0.05) is 65.5 Å². The zero-order chi connectivity index (χ0) is 28.7. The van der Waals surface area contributed by atoms with Crippen LogP contribution in [-0.4, -0.2) is 156 Å². The maximum atomic E-state index is 12.8. The van der Waals surface area contributed by atoms with E-state index >= 15 is 0 Å². The Kier molecular flexibility index (Phi) is 15.3. The van der Waals surface area contributed by atoms with E-state index in [9.17, 15) is 34.5 Å². The Morgan fingerprint density at radius 2 is 1.05 bits per heavy atom. The van der Waals surface area contributed by atoms with Gasteiger partial charge in [-0.15, -0.1) is 0 Å². The SMILES string of the molecule is CC(C)CCOC(C)(C)CNC(=O)CN1CCN(CC(=O)O)CCN(CC(=O)O)CCN(CC(=O)O)CC1. The first-order chi connectivity index (χ1) is 17.8. The van der Waals surface area contributed by atoms with Crippen LogP contribution in [0.3, 0.4) is 0 Å². The van der Waals surface area contributed by atoms with Crippen molar-refractivity contribution >= 4 is 23.8 Å². The van der Waals surface area contributed by atoms with Crippen molar-refractivity contribution in [3.05, 3.63) is 0 Å². The van der Waals surface area contributed by atoms with Crippen LogP contribution in [0.4, 0.5) is 0 Å². The zero-order valence-corrected chi connectivity index (χ0v) is 23.4. The van der Waals surface area contributed by atoms with Crippen molar-refractivity contribution in [3.8, 4) is 0 Å². The van der Waals surface area contributed by atoms with Crippen LogP contribution < -0.4 is 5.32 Å². The quantitative estimate of drug-likeness (QED) is 0.220. The van der Waals surface area contributed by atoms with Gasteiger partial charge in [-0.3, -0.25) is 38.8 Å². The Morgan fingerprint density at radius 1 is 0.711 bits per heavy atom. The van der Waals surface area contributed by atoms with Gasteiger partial charge in [0.05, 0.1) is 31.8 Å². The van der Waals surface area contributed by atoms with Crippen LogP contribution in [0.5, 0.6) is 0 Å². The number of hydrogen-bond donors (Lipinski definition) is 4. The number of carbonyl (C=O) groups is 4. The number of hydrogen-bond acceptors (Lipinski definition) is 9. The normalized spacial score (nSPS) is 18.0. The molecular weight excluding hydrogens is 498 g/mol.